The summed E-state index contributed by atoms with van der Waals surface area (Å²) >= 11 is 12.3. The number of carbonyl (C=O) groups excluding carboxylic acids is 1. The van der Waals surface area contributed by atoms with Crippen LogP contribution in [0.3, 0.4) is 0 Å². The smallest absolute Gasteiger partial charge is 0.258 e. The van der Waals surface area contributed by atoms with Gasteiger partial charge in [0.1, 0.15) is 11.6 Å². The Morgan fingerprint density at radius 2 is 1.86 bits per heavy atom. The summed E-state index contributed by atoms with van der Waals surface area (Å²) in [5, 5.41) is 1.16. The fourth-order valence-electron chi connectivity index (χ4n) is 3.33. The van der Waals surface area contributed by atoms with Crippen molar-refractivity contribution in [3.63, 3.8) is 0 Å². The first kappa shape index (κ1) is 20.5. The molecule has 3 aromatic rings. The standard InChI is InChI=1S/C21H23Cl2N3O2/c1-4-10-25(21(27)16-11-14(22)7-9-19(16)28-3)13-20-24-17-8-6-15(23)12-18(17)26(20)5-2/h6-9,11-12H,4-5,10,13H2,1-3H3. The van der Waals surface area contributed by atoms with Crippen LogP contribution in [0.2, 0.25) is 10.0 Å². The molecule has 7 heteroatoms. The molecule has 28 heavy (non-hydrogen) atoms. The molecule has 0 radical (unpaired) electrons. The van der Waals surface area contributed by atoms with Crippen molar-refractivity contribution in [3.8, 4) is 5.75 Å². The summed E-state index contributed by atoms with van der Waals surface area (Å²) in [6.45, 7) is 5.82. The van der Waals surface area contributed by atoms with Gasteiger partial charge in [0.05, 0.1) is 30.3 Å². The molecule has 1 heterocycles. The molecule has 0 spiro atoms. The molecule has 0 aliphatic rings. The number of imidazole rings is 1. The molecule has 5 nitrogen and oxygen atoms in total. The van der Waals surface area contributed by atoms with E-state index in [1.165, 1.54) is 0 Å². The summed E-state index contributed by atoms with van der Waals surface area (Å²) in [5.41, 5.74) is 2.28. The molecule has 2 aromatic carbocycles. The second kappa shape index (κ2) is 8.84. The number of hydrogen-bond acceptors (Lipinski definition) is 3. The van der Waals surface area contributed by atoms with Crippen molar-refractivity contribution in [2.45, 2.75) is 33.4 Å². The fraction of sp³-hybridized carbons (Fsp3) is 0.333. The van der Waals surface area contributed by atoms with Gasteiger partial charge in [-0.05, 0) is 49.7 Å². The average molecular weight is 420 g/mol. The van der Waals surface area contributed by atoms with E-state index in [1.54, 1.807) is 30.2 Å². The lowest BCUT2D eigenvalue weighted by Gasteiger charge is -2.23. The molecule has 0 saturated heterocycles. The first-order valence-electron chi connectivity index (χ1n) is 9.26. The third-order valence-electron chi connectivity index (χ3n) is 4.61. The molecule has 148 valence electrons. The number of aryl methyl sites for hydroxylation is 1. The van der Waals surface area contributed by atoms with E-state index in [4.69, 9.17) is 32.9 Å². The van der Waals surface area contributed by atoms with Crippen molar-refractivity contribution in [2.75, 3.05) is 13.7 Å². The Morgan fingerprint density at radius 3 is 2.54 bits per heavy atom. The fourth-order valence-corrected chi connectivity index (χ4v) is 3.67. The number of halogens is 2. The van der Waals surface area contributed by atoms with Gasteiger partial charge in [0, 0.05) is 23.1 Å². The molecule has 0 aliphatic heterocycles. The maximum atomic E-state index is 13.3. The first-order chi connectivity index (χ1) is 13.5. The zero-order valence-corrected chi connectivity index (χ0v) is 17.7. The van der Waals surface area contributed by atoms with Gasteiger partial charge in [-0.1, -0.05) is 30.1 Å². The number of hydrogen-bond donors (Lipinski definition) is 0. The number of aromatic nitrogens is 2. The van der Waals surface area contributed by atoms with E-state index in [1.807, 2.05) is 25.1 Å². The number of nitrogens with zero attached hydrogens (tertiary/aromatic N) is 3. The topological polar surface area (TPSA) is 47.4 Å². The SMILES string of the molecule is CCCN(Cc1nc2ccc(Cl)cc2n1CC)C(=O)c1cc(Cl)ccc1OC. The molecular weight excluding hydrogens is 397 g/mol. The van der Waals surface area contributed by atoms with Gasteiger partial charge in [-0.25, -0.2) is 4.98 Å². The van der Waals surface area contributed by atoms with Crippen LogP contribution in [-0.2, 0) is 13.1 Å². The van der Waals surface area contributed by atoms with Gasteiger partial charge >= 0.3 is 0 Å². The Bertz CT molecular complexity index is 1000. The van der Waals surface area contributed by atoms with Gasteiger partial charge < -0.3 is 14.2 Å². The van der Waals surface area contributed by atoms with Crippen LogP contribution in [0.25, 0.3) is 11.0 Å². The minimum atomic E-state index is -0.131. The monoisotopic (exact) mass is 419 g/mol. The molecule has 0 unspecified atom stereocenters. The van der Waals surface area contributed by atoms with Gasteiger partial charge in [0.2, 0.25) is 0 Å². The van der Waals surface area contributed by atoms with Crippen molar-refractivity contribution in [1.29, 1.82) is 0 Å². The molecule has 0 saturated carbocycles. The lowest BCUT2D eigenvalue weighted by molar-refractivity contribution is 0.0734. The molecular formula is C21H23Cl2N3O2. The molecule has 0 aliphatic carbocycles. The van der Waals surface area contributed by atoms with Crippen LogP contribution in [0.1, 0.15) is 36.5 Å². The second-order valence-electron chi connectivity index (χ2n) is 6.48. The van der Waals surface area contributed by atoms with Gasteiger partial charge in [-0.15, -0.1) is 0 Å². The second-order valence-corrected chi connectivity index (χ2v) is 7.35. The minimum Gasteiger partial charge on any atom is -0.496 e. The van der Waals surface area contributed by atoms with E-state index in [9.17, 15) is 4.79 Å². The predicted octanol–water partition coefficient (Wildman–Crippen LogP) is 5.42. The lowest BCUT2D eigenvalue weighted by Crippen LogP contribution is -2.32. The maximum absolute atomic E-state index is 13.3. The number of carbonyl (C=O) groups is 1. The van der Waals surface area contributed by atoms with Crippen molar-refractivity contribution < 1.29 is 9.53 Å². The zero-order valence-electron chi connectivity index (χ0n) is 16.2. The quantitative estimate of drug-likeness (QED) is 0.513. The first-order valence-corrected chi connectivity index (χ1v) is 10.0. The molecule has 3 rings (SSSR count). The van der Waals surface area contributed by atoms with E-state index in [0.717, 1.165) is 29.8 Å². The van der Waals surface area contributed by atoms with Crippen LogP contribution in [0, 0.1) is 0 Å². The van der Waals surface area contributed by atoms with Gasteiger partial charge in [0.15, 0.2) is 0 Å². The molecule has 0 fully saturated rings. The Morgan fingerprint density at radius 1 is 1.14 bits per heavy atom. The van der Waals surface area contributed by atoms with E-state index >= 15 is 0 Å². The Hall–Kier alpha value is -2.24. The number of amides is 1. The number of fused-ring (bicyclic) bond motifs is 1. The van der Waals surface area contributed by atoms with Crippen LogP contribution in [0.5, 0.6) is 5.75 Å². The Labute approximate surface area is 174 Å². The van der Waals surface area contributed by atoms with Crippen molar-refractivity contribution in [1.82, 2.24) is 14.5 Å². The summed E-state index contributed by atoms with van der Waals surface area (Å²) in [6, 6.07) is 10.7. The van der Waals surface area contributed by atoms with Crippen molar-refractivity contribution in [2.24, 2.45) is 0 Å². The highest BCUT2D eigenvalue weighted by atomic mass is 35.5. The number of benzene rings is 2. The summed E-state index contributed by atoms with van der Waals surface area (Å²) in [7, 11) is 1.55. The number of methoxy groups -OCH3 is 1. The lowest BCUT2D eigenvalue weighted by atomic mass is 10.1. The van der Waals surface area contributed by atoms with E-state index in [-0.39, 0.29) is 5.91 Å². The van der Waals surface area contributed by atoms with E-state index in [0.29, 0.717) is 34.4 Å². The Kier molecular flexibility index (Phi) is 6.47. The molecule has 0 atom stereocenters. The zero-order chi connectivity index (χ0) is 20.3. The summed E-state index contributed by atoms with van der Waals surface area (Å²) in [5.74, 6) is 1.20. The highest BCUT2D eigenvalue weighted by molar-refractivity contribution is 6.31. The Balaban J connectivity index is 1.99. The molecule has 1 aromatic heterocycles. The van der Waals surface area contributed by atoms with Crippen LogP contribution in [0.15, 0.2) is 36.4 Å². The average Bonchev–Trinajstić information content (AvgIpc) is 3.03. The highest BCUT2D eigenvalue weighted by Crippen LogP contribution is 2.26. The predicted molar refractivity (Wildman–Crippen MR) is 113 cm³/mol. The summed E-state index contributed by atoms with van der Waals surface area (Å²) in [6.07, 6.45) is 0.826. The molecule has 0 N–H and O–H groups in total. The number of ether oxygens (including phenoxy) is 1. The van der Waals surface area contributed by atoms with E-state index < -0.39 is 0 Å². The van der Waals surface area contributed by atoms with Crippen LogP contribution >= 0.6 is 23.2 Å². The largest absolute Gasteiger partial charge is 0.496 e. The van der Waals surface area contributed by atoms with Crippen molar-refractivity contribution in [3.05, 3.63) is 57.8 Å². The van der Waals surface area contributed by atoms with Gasteiger partial charge in [-0.2, -0.15) is 0 Å². The summed E-state index contributed by atoms with van der Waals surface area (Å²) < 4.78 is 7.45. The minimum absolute atomic E-state index is 0.131. The van der Waals surface area contributed by atoms with Crippen LogP contribution in [-0.4, -0.2) is 34.0 Å². The van der Waals surface area contributed by atoms with Gasteiger partial charge in [-0.3, -0.25) is 4.79 Å². The van der Waals surface area contributed by atoms with Crippen LogP contribution < -0.4 is 4.74 Å². The van der Waals surface area contributed by atoms with E-state index in [2.05, 4.69) is 11.5 Å². The van der Waals surface area contributed by atoms with Crippen LogP contribution in [0.4, 0.5) is 0 Å². The molecule has 1 amide bonds. The van der Waals surface area contributed by atoms with Gasteiger partial charge in [0.25, 0.3) is 5.91 Å². The number of rotatable bonds is 7. The highest BCUT2D eigenvalue weighted by Gasteiger charge is 2.22. The maximum Gasteiger partial charge on any atom is 0.258 e. The van der Waals surface area contributed by atoms with Crippen molar-refractivity contribution >= 4 is 40.1 Å². The third-order valence-corrected chi connectivity index (χ3v) is 5.08. The third kappa shape index (κ3) is 4.10. The normalized spacial score (nSPS) is 11.0. The summed E-state index contributed by atoms with van der Waals surface area (Å²) in [4.78, 5) is 19.8. The molecule has 0 bridgehead atoms.